The highest BCUT2D eigenvalue weighted by atomic mass is 79.9. The largest absolute Gasteiger partial charge is 0.496 e. The molecule has 0 bridgehead atoms. The van der Waals surface area contributed by atoms with Gasteiger partial charge in [-0.05, 0) is 59.7 Å². The van der Waals surface area contributed by atoms with E-state index in [4.69, 9.17) is 23.7 Å². The summed E-state index contributed by atoms with van der Waals surface area (Å²) in [4.78, 5) is 35.7. The van der Waals surface area contributed by atoms with E-state index in [2.05, 4.69) is 41.9 Å². The Morgan fingerprint density at radius 3 is 2.26 bits per heavy atom. The molecule has 2 aromatic rings. The molecule has 1 saturated heterocycles. The number of ether oxygens (including phenoxy) is 5. The third-order valence-electron chi connectivity index (χ3n) is 6.84. The zero-order valence-electron chi connectivity index (χ0n) is 23.3. The average Bonchev–Trinajstić information content (AvgIpc) is 2.88. The van der Waals surface area contributed by atoms with Gasteiger partial charge in [-0.2, -0.15) is 0 Å². The van der Waals surface area contributed by atoms with Crippen LogP contribution in [0.4, 0.5) is 0 Å². The molecule has 1 heterocycles. The van der Waals surface area contributed by atoms with Crippen LogP contribution in [0, 0.1) is 0 Å². The van der Waals surface area contributed by atoms with Crippen molar-refractivity contribution in [2.24, 2.45) is 0 Å². The first kappa shape index (κ1) is 30.6. The number of methoxy groups -OCH3 is 1. The molecule has 0 aromatic heterocycles. The second-order valence-corrected chi connectivity index (χ2v) is 10.8. The van der Waals surface area contributed by atoms with Crippen molar-refractivity contribution < 1.29 is 38.1 Å². The standard InChI is InChI=1S/C30H37BrO8/c1-7-17(2)25-15-27(35-6)26(13-22(25)12-21-8-10-23(31)11-9-21)29-30(38-20(5)34)28(37-19(4)33)14-24(39-29)16-36-18(3)32/h8-11,13,15,17,24,28-30H,7,12,14,16H2,1-6H3/t17?,24-,28-,29-,30+/m0/s1. The molecular weight excluding hydrogens is 568 g/mol. The van der Waals surface area contributed by atoms with Gasteiger partial charge in [0.05, 0.1) is 13.2 Å². The lowest BCUT2D eigenvalue weighted by Gasteiger charge is -2.41. The van der Waals surface area contributed by atoms with Crippen molar-refractivity contribution in [2.45, 2.75) is 84.2 Å². The Labute approximate surface area is 238 Å². The Kier molecular flexibility index (Phi) is 10.9. The smallest absolute Gasteiger partial charge is 0.303 e. The fraction of sp³-hybridized carbons (Fsp3) is 0.500. The zero-order chi connectivity index (χ0) is 28.7. The van der Waals surface area contributed by atoms with E-state index in [1.165, 1.54) is 20.8 Å². The number of halogens is 1. The van der Waals surface area contributed by atoms with E-state index >= 15 is 0 Å². The molecule has 0 N–H and O–H groups in total. The highest BCUT2D eigenvalue weighted by Gasteiger charge is 2.45. The van der Waals surface area contributed by atoms with Crippen LogP contribution in [-0.2, 0) is 39.8 Å². The Bertz CT molecular complexity index is 1160. The molecular formula is C30H37BrO8. The van der Waals surface area contributed by atoms with Crippen molar-refractivity contribution in [3.63, 3.8) is 0 Å². The molecule has 2 aromatic carbocycles. The molecule has 1 fully saturated rings. The van der Waals surface area contributed by atoms with Crippen molar-refractivity contribution in [1.29, 1.82) is 0 Å². The van der Waals surface area contributed by atoms with Gasteiger partial charge in [0.15, 0.2) is 6.10 Å². The van der Waals surface area contributed by atoms with Crippen molar-refractivity contribution >= 4 is 33.8 Å². The van der Waals surface area contributed by atoms with Crippen molar-refractivity contribution in [3.8, 4) is 5.75 Å². The summed E-state index contributed by atoms with van der Waals surface area (Å²) in [6.45, 7) is 8.19. The molecule has 0 spiro atoms. The third kappa shape index (κ3) is 8.29. The van der Waals surface area contributed by atoms with Gasteiger partial charge in [-0.3, -0.25) is 14.4 Å². The summed E-state index contributed by atoms with van der Waals surface area (Å²) in [5, 5.41) is 0. The lowest BCUT2D eigenvalue weighted by Crippen LogP contribution is -2.49. The molecule has 3 rings (SSSR count). The number of carbonyl (C=O) groups is 3. The third-order valence-corrected chi connectivity index (χ3v) is 7.37. The Hall–Kier alpha value is -2.91. The maximum atomic E-state index is 12.2. The first-order valence-corrected chi connectivity index (χ1v) is 13.9. The van der Waals surface area contributed by atoms with Gasteiger partial charge >= 0.3 is 17.9 Å². The summed E-state index contributed by atoms with van der Waals surface area (Å²) >= 11 is 3.50. The lowest BCUT2D eigenvalue weighted by molar-refractivity contribution is -0.214. The van der Waals surface area contributed by atoms with E-state index in [9.17, 15) is 14.4 Å². The maximum absolute atomic E-state index is 12.2. The van der Waals surface area contributed by atoms with Crippen LogP contribution in [0.25, 0.3) is 0 Å². The fourth-order valence-electron chi connectivity index (χ4n) is 4.87. The summed E-state index contributed by atoms with van der Waals surface area (Å²) in [6, 6.07) is 12.2. The summed E-state index contributed by atoms with van der Waals surface area (Å²) in [5.74, 6) is -0.663. The second kappa shape index (κ2) is 13.9. The van der Waals surface area contributed by atoms with Crippen molar-refractivity contribution in [1.82, 2.24) is 0 Å². The van der Waals surface area contributed by atoms with Crippen molar-refractivity contribution in [3.05, 3.63) is 63.1 Å². The second-order valence-electron chi connectivity index (χ2n) is 9.84. The Morgan fingerprint density at radius 2 is 1.69 bits per heavy atom. The number of rotatable bonds is 10. The summed E-state index contributed by atoms with van der Waals surface area (Å²) < 4.78 is 29.8. The van der Waals surface area contributed by atoms with Crippen LogP contribution < -0.4 is 4.74 Å². The van der Waals surface area contributed by atoms with Gasteiger partial charge in [-0.1, -0.05) is 41.9 Å². The van der Waals surface area contributed by atoms with E-state index in [0.29, 0.717) is 17.7 Å². The van der Waals surface area contributed by atoms with Crippen LogP contribution in [-0.4, -0.2) is 49.9 Å². The number of esters is 3. The number of hydrogen-bond donors (Lipinski definition) is 0. The zero-order valence-corrected chi connectivity index (χ0v) is 24.9. The minimum Gasteiger partial charge on any atom is -0.496 e. The summed E-state index contributed by atoms with van der Waals surface area (Å²) in [5.41, 5.74) is 4.02. The first-order valence-electron chi connectivity index (χ1n) is 13.1. The van der Waals surface area contributed by atoms with Crippen LogP contribution >= 0.6 is 15.9 Å². The van der Waals surface area contributed by atoms with Crippen LogP contribution in [0.1, 0.15) is 81.7 Å². The molecule has 0 amide bonds. The average molecular weight is 606 g/mol. The summed E-state index contributed by atoms with van der Waals surface area (Å²) in [6.07, 6.45) is -1.37. The van der Waals surface area contributed by atoms with Crippen LogP contribution in [0.3, 0.4) is 0 Å². The lowest BCUT2D eigenvalue weighted by atomic mass is 9.85. The fourth-order valence-corrected chi connectivity index (χ4v) is 5.13. The predicted molar refractivity (Wildman–Crippen MR) is 149 cm³/mol. The van der Waals surface area contributed by atoms with E-state index in [1.807, 2.05) is 24.3 Å². The van der Waals surface area contributed by atoms with Crippen LogP contribution in [0.15, 0.2) is 40.9 Å². The maximum Gasteiger partial charge on any atom is 0.303 e. The molecule has 0 radical (unpaired) electrons. The molecule has 0 saturated carbocycles. The topological polar surface area (TPSA) is 97.4 Å². The molecule has 8 nitrogen and oxygen atoms in total. The summed E-state index contributed by atoms with van der Waals surface area (Å²) in [7, 11) is 1.58. The Morgan fingerprint density at radius 1 is 1.03 bits per heavy atom. The minimum absolute atomic E-state index is 0.0323. The quantitative estimate of drug-likeness (QED) is 0.247. The number of carbonyl (C=O) groups excluding carboxylic acids is 3. The van der Waals surface area contributed by atoms with Gasteiger partial charge in [0.25, 0.3) is 0 Å². The monoisotopic (exact) mass is 604 g/mol. The molecule has 0 aliphatic carbocycles. The van der Waals surface area contributed by atoms with E-state index in [0.717, 1.165) is 27.6 Å². The number of hydrogen-bond acceptors (Lipinski definition) is 8. The molecule has 212 valence electrons. The SMILES string of the molecule is CCC(C)c1cc(OC)c([C@@H]2O[C@H](COC(C)=O)C[C@H](OC(C)=O)[C@H]2OC(C)=O)cc1Cc1ccc(Br)cc1. The molecule has 1 aliphatic rings. The highest BCUT2D eigenvalue weighted by Crippen LogP contribution is 2.42. The first-order chi connectivity index (χ1) is 18.5. The number of benzene rings is 2. The molecule has 39 heavy (non-hydrogen) atoms. The van der Waals surface area contributed by atoms with Crippen molar-refractivity contribution in [2.75, 3.05) is 13.7 Å². The Balaban J connectivity index is 2.14. The van der Waals surface area contributed by atoms with E-state index in [-0.39, 0.29) is 18.9 Å². The van der Waals surface area contributed by atoms with Gasteiger partial charge in [0.1, 0.15) is 24.6 Å². The van der Waals surface area contributed by atoms with E-state index < -0.39 is 42.3 Å². The van der Waals surface area contributed by atoms with Gasteiger partial charge in [-0.25, -0.2) is 0 Å². The van der Waals surface area contributed by atoms with Gasteiger partial charge in [-0.15, -0.1) is 0 Å². The predicted octanol–water partition coefficient (Wildman–Crippen LogP) is 5.82. The van der Waals surface area contributed by atoms with E-state index in [1.54, 1.807) is 7.11 Å². The molecule has 9 heteroatoms. The van der Waals surface area contributed by atoms with Crippen LogP contribution in [0.5, 0.6) is 5.75 Å². The van der Waals surface area contributed by atoms with Gasteiger partial charge < -0.3 is 23.7 Å². The highest BCUT2D eigenvalue weighted by molar-refractivity contribution is 9.10. The normalized spacial score (nSPS) is 21.5. The molecule has 5 atom stereocenters. The van der Waals surface area contributed by atoms with Crippen LogP contribution in [0.2, 0.25) is 0 Å². The van der Waals surface area contributed by atoms with Gasteiger partial charge in [0.2, 0.25) is 0 Å². The minimum atomic E-state index is -0.927. The molecule has 1 unspecified atom stereocenters. The molecule has 1 aliphatic heterocycles. The van der Waals surface area contributed by atoms with Gasteiger partial charge in [0, 0.05) is 37.2 Å².